The van der Waals surface area contributed by atoms with Gasteiger partial charge in [-0.3, -0.25) is 9.59 Å². The third-order valence-corrected chi connectivity index (χ3v) is 5.70. The van der Waals surface area contributed by atoms with Gasteiger partial charge < -0.3 is 15.0 Å². The minimum atomic E-state index is -0.586. The number of rotatable bonds is 3. The molecule has 28 heavy (non-hydrogen) atoms. The summed E-state index contributed by atoms with van der Waals surface area (Å²) in [6.45, 7) is 2.23. The van der Waals surface area contributed by atoms with Gasteiger partial charge in [0.25, 0.3) is 11.5 Å². The molecule has 5 heteroatoms. The molecule has 1 heterocycles. The quantitative estimate of drug-likeness (QED) is 0.695. The van der Waals surface area contributed by atoms with Crippen LogP contribution in [0.1, 0.15) is 49.0 Å². The van der Waals surface area contributed by atoms with E-state index in [1.807, 2.05) is 18.2 Å². The molecule has 2 aromatic carbocycles. The Morgan fingerprint density at radius 3 is 2.36 bits per heavy atom. The molecule has 0 aliphatic heterocycles. The molecule has 0 bridgehead atoms. The van der Waals surface area contributed by atoms with Crippen LogP contribution in [-0.2, 0) is 0 Å². The smallest absolute Gasteiger partial charge is 0.267 e. The fourth-order valence-electron chi connectivity index (χ4n) is 4.13. The third kappa shape index (κ3) is 3.28. The van der Waals surface area contributed by atoms with E-state index >= 15 is 0 Å². The second-order valence-electron chi connectivity index (χ2n) is 7.65. The number of anilines is 1. The highest BCUT2D eigenvalue weighted by atomic mass is 16.3. The van der Waals surface area contributed by atoms with Gasteiger partial charge in [-0.05, 0) is 55.9 Å². The summed E-state index contributed by atoms with van der Waals surface area (Å²) in [5, 5.41) is 14.0. The Balaban J connectivity index is 1.85. The maximum Gasteiger partial charge on any atom is 0.267 e. The Morgan fingerprint density at radius 2 is 1.64 bits per heavy atom. The summed E-state index contributed by atoms with van der Waals surface area (Å²) in [6, 6.07) is 16.2. The predicted molar refractivity (Wildman–Crippen MR) is 111 cm³/mol. The molecule has 144 valence electrons. The van der Waals surface area contributed by atoms with E-state index in [2.05, 4.69) is 12.2 Å². The first-order valence-corrected chi connectivity index (χ1v) is 9.79. The van der Waals surface area contributed by atoms with Crippen LogP contribution in [0.4, 0.5) is 5.69 Å². The molecule has 1 amide bonds. The molecule has 0 unspecified atom stereocenters. The first-order chi connectivity index (χ1) is 13.6. The van der Waals surface area contributed by atoms with Crippen molar-refractivity contribution in [3.05, 3.63) is 70.5 Å². The predicted octanol–water partition coefficient (Wildman–Crippen LogP) is 4.71. The van der Waals surface area contributed by atoms with Crippen LogP contribution >= 0.6 is 0 Å². The number of benzene rings is 2. The van der Waals surface area contributed by atoms with Crippen molar-refractivity contribution in [1.29, 1.82) is 0 Å². The van der Waals surface area contributed by atoms with E-state index in [-0.39, 0.29) is 17.4 Å². The molecule has 1 aromatic heterocycles. The standard InChI is InChI=1S/C23H24N2O3/c1-15-11-13-17(14-12-15)25-19-10-6-5-9-18(19)21(26)20(23(25)28)22(27)24-16-7-3-2-4-8-16/h2-10,15,17,26H,11-14H2,1H3,(H,24,27). The van der Waals surface area contributed by atoms with Crippen LogP contribution in [0.15, 0.2) is 59.4 Å². The highest BCUT2D eigenvalue weighted by Crippen LogP contribution is 2.35. The lowest BCUT2D eigenvalue weighted by Crippen LogP contribution is -2.33. The molecule has 0 saturated heterocycles. The highest BCUT2D eigenvalue weighted by Gasteiger charge is 2.27. The lowest BCUT2D eigenvalue weighted by molar-refractivity contribution is 0.102. The van der Waals surface area contributed by atoms with Gasteiger partial charge in [-0.25, -0.2) is 0 Å². The average Bonchev–Trinajstić information content (AvgIpc) is 2.70. The number of para-hydroxylation sites is 2. The van der Waals surface area contributed by atoms with E-state index in [1.54, 1.807) is 41.0 Å². The van der Waals surface area contributed by atoms with Gasteiger partial charge in [0, 0.05) is 17.1 Å². The molecule has 0 radical (unpaired) electrons. The molecule has 1 aliphatic rings. The van der Waals surface area contributed by atoms with Gasteiger partial charge in [-0.1, -0.05) is 37.3 Å². The number of amides is 1. The van der Waals surface area contributed by atoms with E-state index < -0.39 is 11.5 Å². The largest absolute Gasteiger partial charge is 0.506 e. The van der Waals surface area contributed by atoms with E-state index in [0.29, 0.717) is 22.5 Å². The number of aromatic hydroxyl groups is 1. The topological polar surface area (TPSA) is 71.3 Å². The minimum absolute atomic E-state index is 0.0393. The van der Waals surface area contributed by atoms with Crippen molar-refractivity contribution in [2.45, 2.75) is 38.6 Å². The Bertz CT molecular complexity index is 1060. The van der Waals surface area contributed by atoms with E-state index in [9.17, 15) is 14.7 Å². The molecule has 5 nitrogen and oxygen atoms in total. The number of aromatic nitrogens is 1. The summed E-state index contributed by atoms with van der Waals surface area (Å²) in [5.74, 6) is -0.192. The summed E-state index contributed by atoms with van der Waals surface area (Å²) in [6.07, 6.45) is 3.90. The minimum Gasteiger partial charge on any atom is -0.506 e. The van der Waals surface area contributed by atoms with Gasteiger partial charge in [-0.2, -0.15) is 0 Å². The Morgan fingerprint density at radius 1 is 1.00 bits per heavy atom. The molecule has 1 aliphatic carbocycles. The number of hydrogen-bond acceptors (Lipinski definition) is 3. The van der Waals surface area contributed by atoms with E-state index in [0.717, 1.165) is 25.7 Å². The van der Waals surface area contributed by atoms with Gasteiger partial charge in [-0.15, -0.1) is 0 Å². The maximum absolute atomic E-state index is 13.4. The number of hydrogen-bond donors (Lipinski definition) is 2. The van der Waals surface area contributed by atoms with Crippen molar-refractivity contribution in [2.24, 2.45) is 5.92 Å². The molecule has 2 N–H and O–H groups in total. The zero-order chi connectivity index (χ0) is 19.7. The van der Waals surface area contributed by atoms with Gasteiger partial charge >= 0.3 is 0 Å². The summed E-state index contributed by atoms with van der Waals surface area (Å²) in [7, 11) is 0. The number of nitrogens with zero attached hydrogens (tertiary/aromatic N) is 1. The Hall–Kier alpha value is -3.08. The molecule has 3 aromatic rings. The van der Waals surface area contributed by atoms with Crippen molar-refractivity contribution in [1.82, 2.24) is 4.57 Å². The van der Waals surface area contributed by atoms with Gasteiger partial charge in [0.2, 0.25) is 0 Å². The molecular formula is C23H24N2O3. The van der Waals surface area contributed by atoms with Gasteiger partial charge in [0.05, 0.1) is 5.52 Å². The molecule has 0 atom stereocenters. The van der Waals surface area contributed by atoms with Crippen LogP contribution in [0.25, 0.3) is 10.9 Å². The first kappa shape index (κ1) is 18.3. The molecule has 4 rings (SSSR count). The van der Waals surface area contributed by atoms with Crippen molar-refractivity contribution < 1.29 is 9.90 Å². The van der Waals surface area contributed by atoms with Crippen molar-refractivity contribution in [2.75, 3.05) is 5.32 Å². The van der Waals surface area contributed by atoms with Crippen LogP contribution in [0.2, 0.25) is 0 Å². The monoisotopic (exact) mass is 376 g/mol. The van der Waals surface area contributed by atoms with Crippen molar-refractivity contribution in [3.63, 3.8) is 0 Å². The fraction of sp³-hybridized carbons (Fsp3) is 0.304. The zero-order valence-electron chi connectivity index (χ0n) is 15.9. The SMILES string of the molecule is CC1CCC(n2c(=O)c(C(=O)Nc3ccccc3)c(O)c3ccccc32)CC1. The number of fused-ring (bicyclic) bond motifs is 1. The van der Waals surface area contributed by atoms with Crippen molar-refractivity contribution >= 4 is 22.5 Å². The molecule has 0 spiro atoms. The fourth-order valence-corrected chi connectivity index (χ4v) is 4.13. The average molecular weight is 376 g/mol. The lowest BCUT2D eigenvalue weighted by Gasteiger charge is -2.29. The summed E-state index contributed by atoms with van der Waals surface area (Å²) >= 11 is 0. The Labute approximate surface area is 163 Å². The first-order valence-electron chi connectivity index (χ1n) is 9.79. The van der Waals surface area contributed by atoms with E-state index in [4.69, 9.17) is 0 Å². The zero-order valence-corrected chi connectivity index (χ0v) is 15.9. The third-order valence-electron chi connectivity index (χ3n) is 5.70. The highest BCUT2D eigenvalue weighted by molar-refractivity contribution is 6.09. The summed E-state index contributed by atoms with van der Waals surface area (Å²) in [4.78, 5) is 26.3. The van der Waals surface area contributed by atoms with Gasteiger partial charge in [0.1, 0.15) is 11.3 Å². The second-order valence-corrected chi connectivity index (χ2v) is 7.65. The lowest BCUT2D eigenvalue weighted by atomic mass is 9.87. The Kier molecular flexibility index (Phi) is 4.90. The summed E-state index contributed by atoms with van der Waals surface area (Å²) in [5.41, 5.74) is 0.642. The van der Waals surface area contributed by atoms with Crippen LogP contribution in [0.3, 0.4) is 0 Å². The van der Waals surface area contributed by atoms with Crippen molar-refractivity contribution in [3.8, 4) is 5.75 Å². The number of carbonyl (C=O) groups excluding carboxylic acids is 1. The van der Waals surface area contributed by atoms with Crippen LogP contribution in [0.5, 0.6) is 5.75 Å². The number of pyridine rings is 1. The number of carbonyl (C=O) groups is 1. The van der Waals surface area contributed by atoms with Gasteiger partial charge in [0.15, 0.2) is 0 Å². The van der Waals surface area contributed by atoms with E-state index in [1.165, 1.54) is 0 Å². The van der Waals surface area contributed by atoms with Crippen LogP contribution in [-0.4, -0.2) is 15.6 Å². The maximum atomic E-state index is 13.4. The van der Waals surface area contributed by atoms with Crippen LogP contribution in [0, 0.1) is 5.92 Å². The normalized spacial score (nSPS) is 19.5. The summed E-state index contributed by atoms with van der Waals surface area (Å²) < 4.78 is 1.72. The molecule has 1 fully saturated rings. The molecule has 1 saturated carbocycles. The van der Waals surface area contributed by atoms with Crippen LogP contribution < -0.4 is 10.9 Å². The molecular weight excluding hydrogens is 352 g/mol. The number of nitrogens with one attached hydrogen (secondary N) is 1. The second kappa shape index (κ2) is 7.50.